The molecule has 0 atom stereocenters. The summed E-state index contributed by atoms with van der Waals surface area (Å²) < 4.78 is 33.7. The summed E-state index contributed by atoms with van der Waals surface area (Å²) in [5.74, 6) is 1.13. The quantitative estimate of drug-likeness (QED) is 0.766. The summed E-state index contributed by atoms with van der Waals surface area (Å²) in [6, 6.07) is 17.8. The van der Waals surface area contributed by atoms with Gasteiger partial charge in [0.05, 0.1) is 10.8 Å². The van der Waals surface area contributed by atoms with E-state index in [2.05, 4.69) is 0 Å². The third-order valence-electron chi connectivity index (χ3n) is 2.39. The molecule has 0 heterocycles. The molecule has 0 saturated heterocycles. The molecule has 0 aliphatic heterocycles. The Morgan fingerprint density at radius 3 is 1.43 bits per heavy atom. The van der Waals surface area contributed by atoms with Gasteiger partial charge in [-0.1, -0.05) is 36.4 Å². The van der Waals surface area contributed by atoms with E-state index in [9.17, 15) is 8.42 Å². The molecule has 2 aromatic rings. The molecular weight excluding hydrogens is 288 g/mol. The van der Waals surface area contributed by atoms with Crippen molar-refractivity contribution in [3.8, 4) is 11.5 Å². The first-order chi connectivity index (χ1) is 10.2. The van der Waals surface area contributed by atoms with Crippen LogP contribution in [0.25, 0.3) is 0 Å². The molecule has 0 aliphatic carbocycles. The molecule has 0 N–H and O–H groups in total. The Hall–Kier alpha value is -2.53. The van der Waals surface area contributed by atoms with E-state index in [4.69, 9.17) is 9.47 Å². The average molecular weight is 302 g/mol. The fraction of sp³-hybridized carbons (Fsp3) is 0. The van der Waals surface area contributed by atoms with E-state index in [1.807, 2.05) is 12.1 Å². The van der Waals surface area contributed by atoms with Crippen LogP contribution in [-0.2, 0) is 9.84 Å². The highest BCUT2D eigenvalue weighted by Crippen LogP contribution is 2.10. The summed E-state index contributed by atoms with van der Waals surface area (Å²) in [7, 11) is -3.53. The fourth-order valence-corrected chi connectivity index (χ4v) is 1.92. The highest BCUT2D eigenvalue weighted by atomic mass is 32.2. The van der Waals surface area contributed by atoms with Gasteiger partial charge in [0.15, 0.2) is 9.84 Å². The number of rotatable bonds is 6. The van der Waals surface area contributed by atoms with Gasteiger partial charge in [0.25, 0.3) is 0 Å². The van der Waals surface area contributed by atoms with E-state index in [1.165, 1.54) is 0 Å². The van der Waals surface area contributed by atoms with Crippen LogP contribution in [0.15, 0.2) is 84.0 Å². The second-order valence-electron chi connectivity index (χ2n) is 4.00. The van der Waals surface area contributed by atoms with Crippen LogP contribution in [0, 0.1) is 0 Å². The van der Waals surface area contributed by atoms with E-state index in [-0.39, 0.29) is 0 Å². The summed E-state index contributed by atoms with van der Waals surface area (Å²) in [6.07, 6.45) is 2.25. The van der Waals surface area contributed by atoms with Crippen LogP contribution in [-0.4, -0.2) is 8.42 Å². The van der Waals surface area contributed by atoms with Crippen molar-refractivity contribution < 1.29 is 17.9 Å². The van der Waals surface area contributed by atoms with Gasteiger partial charge in [-0.3, -0.25) is 0 Å². The summed E-state index contributed by atoms with van der Waals surface area (Å²) in [6.45, 7) is 0. The normalized spacial score (nSPS) is 11.8. The van der Waals surface area contributed by atoms with Gasteiger partial charge >= 0.3 is 0 Å². The predicted molar refractivity (Wildman–Crippen MR) is 81.3 cm³/mol. The highest BCUT2D eigenvalue weighted by molar-refractivity contribution is 7.97. The van der Waals surface area contributed by atoms with Crippen LogP contribution in [0.1, 0.15) is 0 Å². The van der Waals surface area contributed by atoms with E-state index >= 15 is 0 Å². The van der Waals surface area contributed by atoms with Gasteiger partial charge in [-0.05, 0) is 24.3 Å². The van der Waals surface area contributed by atoms with Crippen molar-refractivity contribution in [2.75, 3.05) is 0 Å². The molecule has 0 aromatic heterocycles. The van der Waals surface area contributed by atoms with Crippen LogP contribution >= 0.6 is 0 Å². The first-order valence-electron chi connectivity index (χ1n) is 6.17. The number of hydrogen-bond donors (Lipinski definition) is 0. The third-order valence-corrected chi connectivity index (χ3v) is 3.37. The zero-order valence-electron chi connectivity index (χ0n) is 11.1. The molecule has 0 spiro atoms. The number of benzene rings is 2. The number of sulfone groups is 1. The molecule has 0 bridgehead atoms. The molecule has 108 valence electrons. The minimum Gasteiger partial charge on any atom is -0.464 e. The standard InChI is InChI=1S/C16H14O4S/c17-21(18,13-11-19-15-7-3-1-4-8-15)14-12-20-16-9-5-2-6-10-16/h1-14H. The second kappa shape index (κ2) is 7.31. The summed E-state index contributed by atoms with van der Waals surface area (Å²) in [5.41, 5.74) is 0. The SMILES string of the molecule is O=S(=O)(C=COc1ccccc1)C=COc1ccccc1. The van der Waals surface area contributed by atoms with Gasteiger partial charge in [-0.15, -0.1) is 0 Å². The van der Waals surface area contributed by atoms with Crippen molar-refractivity contribution in [1.82, 2.24) is 0 Å². The minimum absolute atomic E-state index is 0.563. The second-order valence-corrected chi connectivity index (χ2v) is 5.72. The van der Waals surface area contributed by atoms with Crippen molar-refractivity contribution in [3.63, 3.8) is 0 Å². The molecule has 5 heteroatoms. The molecule has 2 rings (SSSR count). The summed E-state index contributed by atoms with van der Waals surface area (Å²) >= 11 is 0. The third kappa shape index (κ3) is 5.54. The minimum atomic E-state index is -3.53. The molecule has 0 amide bonds. The van der Waals surface area contributed by atoms with E-state index in [0.717, 1.165) is 23.3 Å². The Morgan fingerprint density at radius 1 is 0.667 bits per heavy atom. The number of hydrogen-bond acceptors (Lipinski definition) is 4. The van der Waals surface area contributed by atoms with Crippen molar-refractivity contribution in [2.24, 2.45) is 0 Å². The monoisotopic (exact) mass is 302 g/mol. The van der Waals surface area contributed by atoms with Crippen LogP contribution < -0.4 is 9.47 Å². The first kappa shape index (κ1) is 14.9. The molecule has 4 nitrogen and oxygen atoms in total. The zero-order chi connectivity index (χ0) is 15.0. The molecule has 0 saturated carbocycles. The Labute approximate surface area is 123 Å². The van der Waals surface area contributed by atoms with E-state index in [0.29, 0.717) is 11.5 Å². The van der Waals surface area contributed by atoms with Gasteiger partial charge in [-0.2, -0.15) is 0 Å². The first-order valence-corrected chi connectivity index (χ1v) is 7.78. The van der Waals surface area contributed by atoms with E-state index < -0.39 is 9.84 Å². The van der Waals surface area contributed by atoms with Crippen LogP contribution in [0.2, 0.25) is 0 Å². The molecule has 2 aromatic carbocycles. The molecule has 21 heavy (non-hydrogen) atoms. The van der Waals surface area contributed by atoms with Crippen LogP contribution in [0.3, 0.4) is 0 Å². The van der Waals surface area contributed by atoms with Crippen molar-refractivity contribution in [1.29, 1.82) is 0 Å². The molecule has 0 aliphatic rings. The predicted octanol–water partition coefficient (Wildman–Crippen LogP) is 3.50. The van der Waals surface area contributed by atoms with Gasteiger partial charge in [0.1, 0.15) is 24.0 Å². The summed E-state index contributed by atoms with van der Waals surface area (Å²) in [5, 5.41) is 1.93. The maximum Gasteiger partial charge on any atom is 0.199 e. The largest absolute Gasteiger partial charge is 0.464 e. The van der Waals surface area contributed by atoms with Crippen LogP contribution in [0.5, 0.6) is 11.5 Å². The zero-order valence-corrected chi connectivity index (χ0v) is 11.9. The molecule has 0 fully saturated rings. The van der Waals surface area contributed by atoms with Gasteiger partial charge in [-0.25, -0.2) is 8.42 Å². The average Bonchev–Trinajstić information content (AvgIpc) is 2.49. The topological polar surface area (TPSA) is 52.6 Å². The Kier molecular flexibility index (Phi) is 5.17. The molecular formula is C16H14O4S. The van der Waals surface area contributed by atoms with Gasteiger partial charge in [0.2, 0.25) is 0 Å². The summed E-state index contributed by atoms with van der Waals surface area (Å²) in [4.78, 5) is 0. The lowest BCUT2D eigenvalue weighted by Gasteiger charge is -1.99. The maximum absolute atomic E-state index is 11.7. The molecule has 0 unspecified atom stereocenters. The Balaban J connectivity index is 1.89. The smallest absolute Gasteiger partial charge is 0.199 e. The van der Waals surface area contributed by atoms with E-state index in [1.54, 1.807) is 48.5 Å². The number of ether oxygens (including phenoxy) is 2. The van der Waals surface area contributed by atoms with Crippen molar-refractivity contribution in [3.05, 3.63) is 84.0 Å². The van der Waals surface area contributed by atoms with Gasteiger partial charge in [0, 0.05) is 0 Å². The lowest BCUT2D eigenvalue weighted by atomic mass is 10.3. The Morgan fingerprint density at radius 2 is 1.05 bits per heavy atom. The lowest BCUT2D eigenvalue weighted by molar-refractivity contribution is 0.480. The lowest BCUT2D eigenvalue weighted by Crippen LogP contribution is -1.92. The van der Waals surface area contributed by atoms with Gasteiger partial charge < -0.3 is 9.47 Å². The Bertz CT molecular complexity index is 647. The highest BCUT2D eigenvalue weighted by Gasteiger charge is 2.00. The fourth-order valence-electron chi connectivity index (χ4n) is 1.41. The number of para-hydroxylation sites is 2. The maximum atomic E-state index is 11.7. The van der Waals surface area contributed by atoms with Crippen molar-refractivity contribution >= 4 is 9.84 Å². The van der Waals surface area contributed by atoms with Crippen molar-refractivity contribution in [2.45, 2.75) is 0 Å². The van der Waals surface area contributed by atoms with Crippen LogP contribution in [0.4, 0.5) is 0 Å². The molecule has 0 radical (unpaired) electrons.